The Labute approximate surface area is 201 Å². The highest BCUT2D eigenvalue weighted by Crippen LogP contribution is 2.59. The molecule has 3 aliphatic rings. The highest BCUT2D eigenvalue weighted by molar-refractivity contribution is 5.92. The average molecular weight is 466 g/mol. The molecule has 1 aliphatic carbocycles. The summed E-state index contributed by atoms with van der Waals surface area (Å²) in [5, 5.41) is 7.27. The van der Waals surface area contributed by atoms with Crippen LogP contribution in [0.1, 0.15) is 67.3 Å². The maximum atomic E-state index is 13.2. The van der Waals surface area contributed by atoms with Crippen molar-refractivity contribution in [1.82, 2.24) is 15.4 Å². The number of ether oxygens (including phenoxy) is 1. The minimum absolute atomic E-state index is 0.0493. The predicted molar refractivity (Wildman–Crippen MR) is 127 cm³/mol. The van der Waals surface area contributed by atoms with Gasteiger partial charge in [-0.2, -0.15) is 0 Å². The zero-order valence-corrected chi connectivity index (χ0v) is 20.1. The molecule has 2 aromatic rings. The molecular formula is C27H35N3O4. The van der Waals surface area contributed by atoms with Crippen LogP contribution < -0.4 is 5.32 Å². The molecule has 7 nitrogen and oxygen atoms in total. The van der Waals surface area contributed by atoms with E-state index < -0.39 is 0 Å². The smallest absolute Gasteiger partial charge is 0.276 e. The molecule has 7 heteroatoms. The summed E-state index contributed by atoms with van der Waals surface area (Å²) in [6.07, 6.45) is 6.26. The number of hydrogen-bond donors (Lipinski definition) is 1. The van der Waals surface area contributed by atoms with E-state index in [1.165, 1.54) is 5.56 Å². The molecule has 2 saturated heterocycles. The summed E-state index contributed by atoms with van der Waals surface area (Å²) in [5.41, 5.74) is 1.67. The Morgan fingerprint density at radius 2 is 1.85 bits per heavy atom. The number of hydrogen-bond acceptors (Lipinski definition) is 5. The van der Waals surface area contributed by atoms with Crippen LogP contribution in [0.15, 0.2) is 40.9 Å². The SMILES string of the molecule is CCCc1cc(C(=O)N2CCC3(CC2)CC3C(=O)NCC2(c3ccccc3)CCOCC2)no1. The molecule has 1 N–H and O–H groups in total. The molecule has 1 saturated carbocycles. The predicted octanol–water partition coefficient (Wildman–Crippen LogP) is 3.73. The fourth-order valence-corrected chi connectivity index (χ4v) is 5.87. The number of rotatable bonds is 7. The maximum absolute atomic E-state index is 13.2. The summed E-state index contributed by atoms with van der Waals surface area (Å²) < 4.78 is 10.9. The van der Waals surface area contributed by atoms with Crippen LogP contribution in [0.4, 0.5) is 0 Å². The van der Waals surface area contributed by atoms with Crippen molar-refractivity contribution in [2.75, 3.05) is 32.8 Å². The number of piperidine rings is 1. The van der Waals surface area contributed by atoms with Crippen molar-refractivity contribution in [3.05, 3.63) is 53.4 Å². The van der Waals surface area contributed by atoms with Gasteiger partial charge < -0.3 is 19.5 Å². The van der Waals surface area contributed by atoms with Gasteiger partial charge in [-0.05, 0) is 49.5 Å². The van der Waals surface area contributed by atoms with Gasteiger partial charge in [0.25, 0.3) is 5.91 Å². The van der Waals surface area contributed by atoms with E-state index in [2.05, 4.69) is 41.7 Å². The highest BCUT2D eigenvalue weighted by atomic mass is 16.5. The van der Waals surface area contributed by atoms with Gasteiger partial charge in [0.2, 0.25) is 5.91 Å². The molecule has 1 aromatic carbocycles. The summed E-state index contributed by atoms with van der Waals surface area (Å²) in [7, 11) is 0. The summed E-state index contributed by atoms with van der Waals surface area (Å²) in [6, 6.07) is 12.3. The summed E-state index contributed by atoms with van der Waals surface area (Å²) in [5.74, 6) is 0.922. The zero-order valence-electron chi connectivity index (χ0n) is 20.1. The maximum Gasteiger partial charge on any atom is 0.276 e. The number of nitrogens with zero attached hydrogens (tertiary/aromatic N) is 2. The van der Waals surface area contributed by atoms with Gasteiger partial charge in [0.15, 0.2) is 5.69 Å². The normalized spacial score (nSPS) is 23.0. The largest absolute Gasteiger partial charge is 0.381 e. The number of amides is 2. The fraction of sp³-hybridized carbons (Fsp3) is 0.593. The van der Waals surface area contributed by atoms with E-state index in [1.54, 1.807) is 6.07 Å². The van der Waals surface area contributed by atoms with E-state index in [9.17, 15) is 9.59 Å². The molecule has 2 aliphatic heterocycles. The standard InChI is InChI=1S/C27H35N3O4/c1-2-6-21-17-23(29-34-21)25(32)30-13-9-26(10-14-30)18-22(26)24(31)28-19-27(11-15-33-16-12-27)20-7-4-3-5-8-20/h3-5,7-8,17,22H,2,6,9-16,18-19H2,1H3,(H,28,31). The first-order valence-corrected chi connectivity index (χ1v) is 12.7. The second-order valence-corrected chi connectivity index (χ2v) is 10.3. The van der Waals surface area contributed by atoms with Crippen molar-refractivity contribution in [2.45, 2.75) is 57.3 Å². The van der Waals surface area contributed by atoms with Crippen LogP contribution in [0, 0.1) is 11.3 Å². The first-order valence-electron chi connectivity index (χ1n) is 12.7. The van der Waals surface area contributed by atoms with Crippen molar-refractivity contribution < 1.29 is 18.8 Å². The van der Waals surface area contributed by atoms with Crippen LogP contribution in [0.2, 0.25) is 0 Å². The molecule has 182 valence electrons. The number of aromatic nitrogens is 1. The molecule has 1 spiro atoms. The highest BCUT2D eigenvalue weighted by Gasteiger charge is 2.59. The van der Waals surface area contributed by atoms with Crippen molar-refractivity contribution >= 4 is 11.8 Å². The lowest BCUT2D eigenvalue weighted by Gasteiger charge is -2.38. The Morgan fingerprint density at radius 3 is 2.56 bits per heavy atom. The van der Waals surface area contributed by atoms with Crippen LogP contribution in [-0.2, 0) is 21.4 Å². The molecule has 0 radical (unpaired) electrons. The van der Waals surface area contributed by atoms with E-state index >= 15 is 0 Å². The Morgan fingerprint density at radius 1 is 1.12 bits per heavy atom. The molecule has 5 rings (SSSR count). The number of benzene rings is 1. The van der Waals surface area contributed by atoms with Crippen LogP contribution in [0.3, 0.4) is 0 Å². The fourth-order valence-electron chi connectivity index (χ4n) is 5.87. The van der Waals surface area contributed by atoms with Gasteiger partial charge in [-0.3, -0.25) is 9.59 Å². The first-order chi connectivity index (χ1) is 16.6. The van der Waals surface area contributed by atoms with Crippen molar-refractivity contribution in [3.8, 4) is 0 Å². The Hall–Kier alpha value is -2.67. The van der Waals surface area contributed by atoms with E-state index in [0.29, 0.717) is 25.3 Å². The van der Waals surface area contributed by atoms with Gasteiger partial charge in [-0.25, -0.2) is 0 Å². The van der Waals surface area contributed by atoms with Crippen LogP contribution in [0.5, 0.6) is 0 Å². The van der Waals surface area contributed by atoms with Crippen molar-refractivity contribution in [3.63, 3.8) is 0 Å². The lowest BCUT2D eigenvalue weighted by Crippen LogP contribution is -2.46. The van der Waals surface area contributed by atoms with Gasteiger partial charge in [0.1, 0.15) is 5.76 Å². The Balaban J connectivity index is 1.15. The van der Waals surface area contributed by atoms with Crippen LogP contribution in [0.25, 0.3) is 0 Å². The zero-order chi connectivity index (χ0) is 23.6. The quantitative estimate of drug-likeness (QED) is 0.674. The third-order valence-corrected chi connectivity index (χ3v) is 8.26. The summed E-state index contributed by atoms with van der Waals surface area (Å²) in [6.45, 7) is 5.53. The lowest BCUT2D eigenvalue weighted by atomic mass is 9.74. The Kier molecular flexibility index (Phi) is 6.47. The van der Waals surface area contributed by atoms with Crippen molar-refractivity contribution in [1.29, 1.82) is 0 Å². The van der Waals surface area contributed by atoms with Crippen molar-refractivity contribution in [2.24, 2.45) is 11.3 Å². The number of carbonyl (C=O) groups excluding carboxylic acids is 2. The molecular weight excluding hydrogens is 430 g/mol. The average Bonchev–Trinajstić information content (AvgIpc) is 3.37. The number of likely N-dealkylation sites (tertiary alicyclic amines) is 1. The number of carbonyl (C=O) groups is 2. The van der Waals surface area contributed by atoms with Gasteiger partial charge in [-0.15, -0.1) is 0 Å². The summed E-state index contributed by atoms with van der Waals surface area (Å²) >= 11 is 0. The minimum atomic E-state index is -0.0630. The van der Waals surface area contributed by atoms with Gasteiger partial charge in [0, 0.05) is 56.7 Å². The first kappa shape index (κ1) is 23.1. The second kappa shape index (κ2) is 9.53. The minimum Gasteiger partial charge on any atom is -0.381 e. The molecule has 3 heterocycles. The molecule has 1 aromatic heterocycles. The molecule has 2 amide bonds. The molecule has 1 unspecified atom stereocenters. The van der Waals surface area contributed by atoms with E-state index in [0.717, 1.165) is 63.9 Å². The number of nitrogens with one attached hydrogen (secondary N) is 1. The van der Waals surface area contributed by atoms with Gasteiger partial charge in [-0.1, -0.05) is 42.4 Å². The van der Waals surface area contributed by atoms with E-state index in [1.807, 2.05) is 11.0 Å². The third-order valence-electron chi connectivity index (χ3n) is 8.26. The summed E-state index contributed by atoms with van der Waals surface area (Å²) in [4.78, 5) is 27.8. The van der Waals surface area contributed by atoms with Gasteiger partial charge >= 0.3 is 0 Å². The monoisotopic (exact) mass is 465 g/mol. The third kappa shape index (κ3) is 4.50. The molecule has 3 fully saturated rings. The van der Waals surface area contributed by atoms with E-state index in [4.69, 9.17) is 9.26 Å². The Bertz CT molecular complexity index is 1000. The molecule has 0 bridgehead atoms. The van der Waals surface area contributed by atoms with Crippen LogP contribution in [-0.4, -0.2) is 54.7 Å². The van der Waals surface area contributed by atoms with Gasteiger partial charge in [0.05, 0.1) is 0 Å². The lowest BCUT2D eigenvalue weighted by molar-refractivity contribution is -0.123. The second-order valence-electron chi connectivity index (χ2n) is 10.3. The van der Waals surface area contributed by atoms with Crippen LogP contribution >= 0.6 is 0 Å². The molecule has 34 heavy (non-hydrogen) atoms. The number of aryl methyl sites for hydroxylation is 1. The molecule has 1 atom stereocenters. The van der Waals surface area contributed by atoms with E-state index in [-0.39, 0.29) is 28.6 Å². The topological polar surface area (TPSA) is 84.7 Å².